The summed E-state index contributed by atoms with van der Waals surface area (Å²) < 4.78 is 7.27. The highest BCUT2D eigenvalue weighted by Crippen LogP contribution is 2.24. The maximum absolute atomic E-state index is 12.5. The fourth-order valence-corrected chi connectivity index (χ4v) is 2.20. The fourth-order valence-electron chi connectivity index (χ4n) is 2.20. The SMILES string of the molecule is CC(C)(O)C(C)(C)O[B]c1ccn2c(=O)c3ccccc3nc2c1. The molecule has 0 bridgehead atoms. The third-order valence-corrected chi connectivity index (χ3v) is 4.51. The summed E-state index contributed by atoms with van der Waals surface area (Å²) >= 11 is 0. The molecule has 0 amide bonds. The maximum atomic E-state index is 12.5. The van der Waals surface area contributed by atoms with Gasteiger partial charge in [0.15, 0.2) is 0 Å². The van der Waals surface area contributed by atoms with Crippen LogP contribution in [0.15, 0.2) is 47.4 Å². The van der Waals surface area contributed by atoms with Crippen molar-refractivity contribution in [1.82, 2.24) is 9.38 Å². The summed E-state index contributed by atoms with van der Waals surface area (Å²) in [5.41, 5.74) is 0.144. The van der Waals surface area contributed by atoms with Crippen molar-refractivity contribution < 1.29 is 9.76 Å². The van der Waals surface area contributed by atoms with Crippen molar-refractivity contribution in [3.63, 3.8) is 0 Å². The van der Waals surface area contributed by atoms with E-state index in [1.807, 2.05) is 32.0 Å². The monoisotopic (exact) mass is 323 g/mol. The average molecular weight is 323 g/mol. The van der Waals surface area contributed by atoms with Gasteiger partial charge in [0.05, 0.1) is 22.1 Å². The number of aliphatic hydroxyl groups is 1. The van der Waals surface area contributed by atoms with Crippen molar-refractivity contribution in [2.24, 2.45) is 0 Å². The summed E-state index contributed by atoms with van der Waals surface area (Å²) in [5, 5.41) is 10.7. The molecule has 5 nitrogen and oxygen atoms in total. The number of para-hydroxylation sites is 1. The predicted octanol–water partition coefficient (Wildman–Crippen LogP) is 1.66. The lowest BCUT2D eigenvalue weighted by Crippen LogP contribution is -2.49. The molecule has 0 saturated carbocycles. The van der Waals surface area contributed by atoms with Crippen LogP contribution in [0.1, 0.15) is 27.7 Å². The summed E-state index contributed by atoms with van der Waals surface area (Å²) in [6.45, 7) is 7.05. The van der Waals surface area contributed by atoms with Gasteiger partial charge in [-0.05, 0) is 57.4 Å². The molecule has 2 heterocycles. The quantitative estimate of drug-likeness (QED) is 0.586. The van der Waals surface area contributed by atoms with E-state index in [1.165, 1.54) is 4.40 Å². The Morgan fingerprint density at radius 2 is 1.88 bits per heavy atom. The largest absolute Gasteiger partial charge is 0.427 e. The molecule has 0 atom stereocenters. The second-order valence-corrected chi connectivity index (χ2v) is 6.93. The lowest BCUT2D eigenvalue weighted by molar-refractivity contribution is -0.0893. The number of hydrogen-bond acceptors (Lipinski definition) is 4. The second-order valence-electron chi connectivity index (χ2n) is 6.93. The lowest BCUT2D eigenvalue weighted by atomic mass is 9.83. The van der Waals surface area contributed by atoms with Gasteiger partial charge in [0.25, 0.3) is 5.56 Å². The fraction of sp³-hybridized carbons (Fsp3) is 0.333. The van der Waals surface area contributed by atoms with Crippen LogP contribution in [0.25, 0.3) is 16.6 Å². The van der Waals surface area contributed by atoms with E-state index in [0.29, 0.717) is 16.6 Å². The molecular weight excluding hydrogens is 303 g/mol. The zero-order valence-electron chi connectivity index (χ0n) is 14.3. The highest BCUT2D eigenvalue weighted by atomic mass is 16.5. The van der Waals surface area contributed by atoms with Crippen molar-refractivity contribution in [3.05, 3.63) is 52.9 Å². The van der Waals surface area contributed by atoms with E-state index in [9.17, 15) is 9.90 Å². The Bertz CT molecular complexity index is 958. The van der Waals surface area contributed by atoms with E-state index in [2.05, 4.69) is 4.98 Å². The highest BCUT2D eigenvalue weighted by Gasteiger charge is 2.35. The van der Waals surface area contributed by atoms with E-state index in [0.717, 1.165) is 5.46 Å². The van der Waals surface area contributed by atoms with Gasteiger partial charge in [-0.25, -0.2) is 4.98 Å². The maximum Gasteiger partial charge on any atom is 0.331 e. The van der Waals surface area contributed by atoms with Gasteiger partial charge in [0.1, 0.15) is 5.65 Å². The Morgan fingerprint density at radius 3 is 2.58 bits per heavy atom. The number of pyridine rings is 1. The van der Waals surface area contributed by atoms with Crippen molar-refractivity contribution in [1.29, 1.82) is 0 Å². The standard InChI is InChI=1S/C18H20BN2O3/c1-17(2,23)18(3,4)24-19-12-9-10-21-15(11-12)20-14-8-6-5-7-13(14)16(21)22/h5-11,23H,1-4H3. The lowest BCUT2D eigenvalue weighted by Gasteiger charge is -2.37. The van der Waals surface area contributed by atoms with E-state index >= 15 is 0 Å². The van der Waals surface area contributed by atoms with Crippen molar-refractivity contribution >= 4 is 29.5 Å². The molecule has 0 aliphatic carbocycles. The van der Waals surface area contributed by atoms with Gasteiger partial charge in [-0.3, -0.25) is 9.20 Å². The summed E-state index contributed by atoms with van der Waals surface area (Å²) in [7, 11) is 1.58. The van der Waals surface area contributed by atoms with E-state index in [1.54, 1.807) is 45.7 Å². The Morgan fingerprint density at radius 1 is 1.17 bits per heavy atom. The molecule has 1 radical (unpaired) electrons. The summed E-state index contributed by atoms with van der Waals surface area (Å²) in [6, 6.07) is 10.8. The summed E-state index contributed by atoms with van der Waals surface area (Å²) in [4.78, 5) is 17.0. The Labute approximate surface area is 141 Å². The van der Waals surface area contributed by atoms with Crippen LogP contribution in [0, 0.1) is 0 Å². The second kappa shape index (κ2) is 5.72. The molecule has 0 aliphatic heterocycles. The number of benzene rings is 1. The normalized spacial score (nSPS) is 12.7. The first kappa shape index (κ1) is 16.7. The molecule has 1 N–H and O–H groups in total. The Balaban J connectivity index is 1.97. The summed E-state index contributed by atoms with van der Waals surface area (Å²) in [5.74, 6) is 0. The van der Waals surface area contributed by atoms with Crippen LogP contribution in [-0.2, 0) is 4.65 Å². The van der Waals surface area contributed by atoms with E-state index in [4.69, 9.17) is 4.65 Å². The van der Waals surface area contributed by atoms with Crippen molar-refractivity contribution in [2.45, 2.75) is 38.9 Å². The zero-order valence-corrected chi connectivity index (χ0v) is 14.3. The number of fused-ring (bicyclic) bond motifs is 2. The Kier molecular flexibility index (Phi) is 3.97. The predicted molar refractivity (Wildman–Crippen MR) is 95.8 cm³/mol. The van der Waals surface area contributed by atoms with Crippen LogP contribution in [0.3, 0.4) is 0 Å². The van der Waals surface area contributed by atoms with Gasteiger partial charge in [-0.2, -0.15) is 0 Å². The van der Waals surface area contributed by atoms with Crippen LogP contribution in [0.2, 0.25) is 0 Å². The third kappa shape index (κ3) is 2.95. The topological polar surface area (TPSA) is 63.8 Å². The smallest absolute Gasteiger partial charge is 0.331 e. The molecule has 3 rings (SSSR count). The van der Waals surface area contributed by atoms with Crippen LogP contribution in [0.5, 0.6) is 0 Å². The first-order chi connectivity index (χ1) is 11.2. The molecule has 0 spiro atoms. The number of rotatable bonds is 4. The summed E-state index contributed by atoms with van der Waals surface area (Å²) in [6.07, 6.45) is 1.68. The van der Waals surface area contributed by atoms with Gasteiger partial charge in [0, 0.05) is 6.20 Å². The van der Waals surface area contributed by atoms with Crippen molar-refractivity contribution in [3.8, 4) is 0 Å². The van der Waals surface area contributed by atoms with E-state index < -0.39 is 11.2 Å². The molecule has 0 fully saturated rings. The molecule has 0 unspecified atom stereocenters. The van der Waals surface area contributed by atoms with Crippen LogP contribution >= 0.6 is 0 Å². The molecule has 0 aliphatic rings. The van der Waals surface area contributed by atoms with Gasteiger partial charge in [0.2, 0.25) is 0 Å². The van der Waals surface area contributed by atoms with Crippen LogP contribution < -0.4 is 11.0 Å². The average Bonchev–Trinajstić information content (AvgIpc) is 2.52. The first-order valence-electron chi connectivity index (χ1n) is 7.84. The minimum absolute atomic E-state index is 0.0973. The molecular formula is C18H20BN2O3. The van der Waals surface area contributed by atoms with Gasteiger partial charge < -0.3 is 9.76 Å². The van der Waals surface area contributed by atoms with Gasteiger partial charge in [-0.1, -0.05) is 12.1 Å². The van der Waals surface area contributed by atoms with Crippen LogP contribution in [0.4, 0.5) is 0 Å². The Hall–Kier alpha value is -2.18. The van der Waals surface area contributed by atoms with Crippen LogP contribution in [-0.4, -0.2) is 33.2 Å². The van der Waals surface area contributed by atoms with Gasteiger partial charge in [-0.15, -0.1) is 0 Å². The molecule has 6 heteroatoms. The molecule has 1 aromatic carbocycles. The molecule has 123 valence electrons. The van der Waals surface area contributed by atoms with Crippen molar-refractivity contribution in [2.75, 3.05) is 0 Å². The number of hydrogen-bond donors (Lipinski definition) is 1. The van der Waals surface area contributed by atoms with Gasteiger partial charge >= 0.3 is 7.48 Å². The minimum Gasteiger partial charge on any atom is -0.427 e. The number of nitrogens with zero attached hydrogens (tertiary/aromatic N) is 2. The first-order valence-corrected chi connectivity index (χ1v) is 7.84. The van der Waals surface area contributed by atoms with E-state index in [-0.39, 0.29) is 5.56 Å². The molecule has 3 aromatic rings. The highest BCUT2D eigenvalue weighted by molar-refractivity contribution is 6.47. The molecule has 2 aromatic heterocycles. The number of aromatic nitrogens is 2. The zero-order chi connectivity index (χ0) is 17.5. The minimum atomic E-state index is -0.994. The third-order valence-electron chi connectivity index (χ3n) is 4.51. The molecule has 0 saturated heterocycles. The molecule has 24 heavy (non-hydrogen) atoms.